The number of ether oxygens (including phenoxy) is 1. The van der Waals surface area contributed by atoms with Crippen LogP contribution in [0.3, 0.4) is 0 Å². The van der Waals surface area contributed by atoms with Crippen LogP contribution in [0.5, 0.6) is 5.75 Å². The number of aromatic nitrogens is 1. The Morgan fingerprint density at radius 2 is 1.91 bits per heavy atom. The van der Waals surface area contributed by atoms with Crippen molar-refractivity contribution in [3.63, 3.8) is 0 Å². The molecule has 2 fully saturated rings. The summed E-state index contributed by atoms with van der Waals surface area (Å²) in [7, 11) is 1.50. The van der Waals surface area contributed by atoms with Gasteiger partial charge in [0, 0.05) is 34.3 Å². The molecule has 0 bridgehead atoms. The Kier molecular flexibility index (Phi) is 5.18. The Labute approximate surface area is 190 Å². The summed E-state index contributed by atoms with van der Waals surface area (Å²) in [6, 6.07) is 11.9. The minimum atomic E-state index is -0.671. The number of nitrogens with one attached hydrogen (secondary N) is 1. The maximum Gasteiger partial charge on any atom is 0.295 e. The molecule has 3 aromatic rings. The second-order valence-electron chi connectivity index (χ2n) is 8.28. The van der Waals surface area contributed by atoms with Gasteiger partial charge in [0.25, 0.3) is 11.7 Å². The summed E-state index contributed by atoms with van der Waals surface area (Å²) in [6.45, 7) is 0. The van der Waals surface area contributed by atoms with E-state index >= 15 is 0 Å². The highest BCUT2D eigenvalue weighted by Gasteiger charge is 2.49. The van der Waals surface area contributed by atoms with E-state index in [4.69, 9.17) is 16.3 Å². The molecule has 5 rings (SSSR count). The number of aliphatic hydroxyl groups excluding tert-OH is 1. The molecule has 7 heteroatoms. The number of nitrogens with zero attached hydrogens (tertiary/aromatic N) is 1. The van der Waals surface area contributed by atoms with E-state index in [0.717, 1.165) is 42.1 Å². The van der Waals surface area contributed by atoms with E-state index < -0.39 is 17.7 Å². The number of carbonyl (C=O) groups is 2. The normalized spacial score (nSPS) is 21.1. The number of hydrogen-bond acceptors (Lipinski definition) is 4. The summed E-state index contributed by atoms with van der Waals surface area (Å²) in [5.41, 5.74) is 2.16. The minimum absolute atomic E-state index is 0.0325. The van der Waals surface area contributed by atoms with E-state index in [2.05, 4.69) is 4.98 Å². The van der Waals surface area contributed by atoms with Crippen molar-refractivity contribution in [2.75, 3.05) is 7.11 Å². The van der Waals surface area contributed by atoms with Gasteiger partial charge in [-0.2, -0.15) is 0 Å². The third-order valence-electron chi connectivity index (χ3n) is 6.54. The number of likely N-dealkylation sites (tertiary alicyclic amines) is 1. The van der Waals surface area contributed by atoms with Gasteiger partial charge in [-0.25, -0.2) is 0 Å². The van der Waals surface area contributed by atoms with Crippen LogP contribution in [0.25, 0.3) is 16.7 Å². The van der Waals surface area contributed by atoms with Crippen LogP contribution >= 0.6 is 11.6 Å². The lowest BCUT2D eigenvalue weighted by Gasteiger charge is -2.30. The van der Waals surface area contributed by atoms with Gasteiger partial charge in [0.1, 0.15) is 11.5 Å². The number of H-pyrrole nitrogens is 1. The van der Waals surface area contributed by atoms with Crippen molar-refractivity contribution in [2.24, 2.45) is 0 Å². The van der Waals surface area contributed by atoms with E-state index in [1.165, 1.54) is 7.11 Å². The van der Waals surface area contributed by atoms with Crippen LogP contribution < -0.4 is 4.74 Å². The standard InChI is InChI=1S/C25H23ClN2O4/c1-32-20-11-10-14(12-18(20)26)23(29)21-22(17-13-27-19-9-5-4-8-16(17)19)28(25(31)24(21)30)15-6-2-3-7-15/h4-5,8-13,15,22,27,29H,2-3,6-7H2,1H3/b23-21+. The number of rotatable bonds is 4. The quantitative estimate of drug-likeness (QED) is 0.325. The largest absolute Gasteiger partial charge is 0.507 e. The van der Waals surface area contributed by atoms with Crippen molar-refractivity contribution in [1.29, 1.82) is 0 Å². The van der Waals surface area contributed by atoms with Crippen molar-refractivity contribution in [3.8, 4) is 5.75 Å². The molecular formula is C25H23ClN2O4. The zero-order valence-electron chi connectivity index (χ0n) is 17.6. The number of amides is 1. The Morgan fingerprint density at radius 1 is 1.16 bits per heavy atom. The topological polar surface area (TPSA) is 82.6 Å². The molecular weight excluding hydrogens is 428 g/mol. The number of hydrogen-bond donors (Lipinski definition) is 2. The number of halogens is 1. The molecule has 1 saturated carbocycles. The molecule has 1 atom stereocenters. The van der Waals surface area contributed by atoms with Crippen LogP contribution in [0.15, 0.2) is 54.2 Å². The Hall–Kier alpha value is -3.25. The van der Waals surface area contributed by atoms with Crippen molar-refractivity contribution in [2.45, 2.75) is 37.8 Å². The summed E-state index contributed by atoms with van der Waals surface area (Å²) in [4.78, 5) is 31.4. The predicted molar refractivity (Wildman–Crippen MR) is 123 cm³/mol. The highest BCUT2D eigenvalue weighted by molar-refractivity contribution is 6.47. The second kappa shape index (κ2) is 8.02. The molecule has 1 unspecified atom stereocenters. The molecule has 1 amide bonds. The number of Topliss-reactive ketones (excluding diaryl/α,β-unsaturated/α-hetero) is 1. The molecule has 2 heterocycles. The number of aromatic amines is 1. The fraction of sp³-hybridized carbons (Fsp3) is 0.280. The van der Waals surface area contributed by atoms with Gasteiger partial charge >= 0.3 is 0 Å². The Balaban J connectivity index is 1.72. The number of aliphatic hydroxyl groups is 1. The smallest absolute Gasteiger partial charge is 0.295 e. The van der Waals surface area contributed by atoms with Crippen LogP contribution in [0.2, 0.25) is 5.02 Å². The molecule has 1 aliphatic carbocycles. The lowest BCUT2D eigenvalue weighted by atomic mass is 9.94. The van der Waals surface area contributed by atoms with Crippen molar-refractivity contribution >= 4 is 40.0 Å². The van der Waals surface area contributed by atoms with Gasteiger partial charge in [0.15, 0.2) is 0 Å². The Morgan fingerprint density at radius 3 is 2.62 bits per heavy atom. The van der Waals surface area contributed by atoms with Gasteiger partial charge in [-0.05, 0) is 37.1 Å². The first-order valence-electron chi connectivity index (χ1n) is 10.7. The molecule has 1 aliphatic heterocycles. The summed E-state index contributed by atoms with van der Waals surface area (Å²) in [5, 5.41) is 12.5. The average molecular weight is 451 g/mol. The maximum absolute atomic E-state index is 13.3. The molecule has 6 nitrogen and oxygen atoms in total. The van der Waals surface area contributed by atoms with Crippen LogP contribution in [-0.2, 0) is 9.59 Å². The SMILES string of the molecule is COc1ccc(/C(O)=C2\C(=O)C(=O)N(C3CCCC3)C2c2c[nH]c3ccccc23)cc1Cl. The number of carbonyl (C=O) groups excluding carboxylic acids is 2. The minimum Gasteiger partial charge on any atom is -0.507 e. The zero-order chi connectivity index (χ0) is 22.4. The monoisotopic (exact) mass is 450 g/mol. The van der Waals surface area contributed by atoms with Gasteiger partial charge in [0.05, 0.1) is 23.7 Å². The first kappa shape index (κ1) is 20.6. The average Bonchev–Trinajstić information content (AvgIpc) is 3.52. The fourth-order valence-electron chi connectivity index (χ4n) is 5.00. The maximum atomic E-state index is 13.3. The number of benzene rings is 2. The van der Waals surface area contributed by atoms with E-state index in [-0.39, 0.29) is 17.4 Å². The first-order chi connectivity index (χ1) is 15.5. The molecule has 2 aromatic carbocycles. The number of fused-ring (bicyclic) bond motifs is 1. The molecule has 164 valence electrons. The van der Waals surface area contributed by atoms with E-state index in [1.54, 1.807) is 23.1 Å². The summed E-state index contributed by atoms with van der Waals surface area (Å²) >= 11 is 6.27. The zero-order valence-corrected chi connectivity index (χ0v) is 18.4. The first-order valence-corrected chi connectivity index (χ1v) is 11.1. The van der Waals surface area contributed by atoms with Gasteiger partial charge in [-0.1, -0.05) is 42.6 Å². The van der Waals surface area contributed by atoms with Crippen LogP contribution in [-0.4, -0.2) is 39.8 Å². The van der Waals surface area contributed by atoms with Crippen molar-refractivity contribution in [1.82, 2.24) is 9.88 Å². The summed E-state index contributed by atoms with van der Waals surface area (Å²) < 4.78 is 5.19. The number of ketones is 1. The van der Waals surface area contributed by atoms with Gasteiger partial charge < -0.3 is 19.7 Å². The van der Waals surface area contributed by atoms with Gasteiger partial charge in [-0.3, -0.25) is 9.59 Å². The molecule has 1 saturated heterocycles. The molecule has 2 N–H and O–H groups in total. The molecule has 0 radical (unpaired) electrons. The van der Waals surface area contributed by atoms with Crippen molar-refractivity contribution < 1.29 is 19.4 Å². The van der Waals surface area contributed by atoms with Crippen LogP contribution in [0, 0.1) is 0 Å². The third kappa shape index (κ3) is 3.17. The number of methoxy groups -OCH3 is 1. The molecule has 2 aliphatic rings. The highest BCUT2D eigenvalue weighted by Crippen LogP contribution is 2.45. The predicted octanol–water partition coefficient (Wildman–Crippen LogP) is 5.19. The lowest BCUT2D eigenvalue weighted by molar-refractivity contribution is -0.141. The van der Waals surface area contributed by atoms with E-state index in [1.807, 2.05) is 30.5 Å². The number of para-hydroxylation sites is 1. The summed E-state index contributed by atoms with van der Waals surface area (Å²) in [5.74, 6) is -1.00. The Bertz CT molecular complexity index is 1260. The lowest BCUT2D eigenvalue weighted by Crippen LogP contribution is -2.37. The van der Waals surface area contributed by atoms with E-state index in [9.17, 15) is 14.7 Å². The summed E-state index contributed by atoms with van der Waals surface area (Å²) in [6.07, 6.45) is 5.56. The third-order valence-corrected chi connectivity index (χ3v) is 6.83. The molecule has 0 spiro atoms. The van der Waals surface area contributed by atoms with Gasteiger partial charge in [-0.15, -0.1) is 0 Å². The fourth-order valence-corrected chi connectivity index (χ4v) is 5.26. The molecule has 32 heavy (non-hydrogen) atoms. The van der Waals surface area contributed by atoms with Crippen LogP contribution in [0.4, 0.5) is 0 Å². The second-order valence-corrected chi connectivity index (χ2v) is 8.69. The van der Waals surface area contributed by atoms with E-state index in [0.29, 0.717) is 16.3 Å². The van der Waals surface area contributed by atoms with Crippen molar-refractivity contribution in [3.05, 3.63) is 70.4 Å². The van der Waals surface area contributed by atoms with Crippen LogP contribution in [0.1, 0.15) is 42.9 Å². The molecule has 1 aromatic heterocycles. The highest BCUT2D eigenvalue weighted by atomic mass is 35.5. The van der Waals surface area contributed by atoms with Gasteiger partial charge in [0.2, 0.25) is 0 Å².